The maximum absolute atomic E-state index is 12.2. The molecule has 0 radical (unpaired) electrons. The molecule has 3 heterocycles. The molecule has 1 atom stereocenters. The van der Waals surface area contributed by atoms with Crippen LogP contribution in [0, 0.1) is 5.92 Å². The zero-order chi connectivity index (χ0) is 17.2. The van der Waals surface area contributed by atoms with Crippen molar-refractivity contribution < 1.29 is 9.53 Å². The fourth-order valence-electron chi connectivity index (χ4n) is 4.44. The molecular formula is C20H27N3O2. The summed E-state index contributed by atoms with van der Waals surface area (Å²) in [6.45, 7) is 7.51. The Morgan fingerprint density at radius 3 is 2.64 bits per heavy atom. The van der Waals surface area contributed by atoms with E-state index in [4.69, 9.17) is 4.74 Å². The molecule has 2 saturated heterocycles. The summed E-state index contributed by atoms with van der Waals surface area (Å²) in [7, 11) is 0. The summed E-state index contributed by atoms with van der Waals surface area (Å²) in [5.74, 6) is 0.659. The van der Waals surface area contributed by atoms with Gasteiger partial charge >= 0.3 is 0 Å². The molecule has 25 heavy (non-hydrogen) atoms. The first-order chi connectivity index (χ1) is 12.3. The van der Waals surface area contributed by atoms with Gasteiger partial charge in [-0.2, -0.15) is 0 Å². The predicted octanol–water partition coefficient (Wildman–Crippen LogP) is 2.67. The van der Waals surface area contributed by atoms with Crippen molar-refractivity contribution in [2.24, 2.45) is 5.92 Å². The minimum atomic E-state index is 0.0773. The lowest BCUT2D eigenvalue weighted by Gasteiger charge is -2.40. The Hall–Kier alpha value is -1.69. The van der Waals surface area contributed by atoms with Crippen molar-refractivity contribution >= 4 is 16.8 Å². The first-order valence-corrected chi connectivity index (χ1v) is 9.39. The summed E-state index contributed by atoms with van der Waals surface area (Å²) >= 11 is 0. The normalized spacial score (nSPS) is 21.5. The van der Waals surface area contributed by atoms with Gasteiger partial charge < -0.3 is 10.1 Å². The number of piperazine rings is 1. The van der Waals surface area contributed by atoms with E-state index in [0.29, 0.717) is 12.0 Å². The van der Waals surface area contributed by atoms with Crippen LogP contribution in [0.1, 0.15) is 36.2 Å². The van der Waals surface area contributed by atoms with Crippen LogP contribution in [0.2, 0.25) is 0 Å². The highest BCUT2D eigenvalue weighted by atomic mass is 16.5. The number of rotatable bonds is 3. The van der Waals surface area contributed by atoms with Gasteiger partial charge in [-0.15, -0.1) is 0 Å². The summed E-state index contributed by atoms with van der Waals surface area (Å²) in [4.78, 5) is 14.8. The van der Waals surface area contributed by atoms with Crippen LogP contribution in [0.15, 0.2) is 30.5 Å². The summed E-state index contributed by atoms with van der Waals surface area (Å²) in [5, 5.41) is 4.67. The standard InChI is InChI=1S/C20H27N3O2/c1-15(24)23-14-18(17-4-2-3-5-19(17)23)20(16-6-12-25-13-7-16)22-10-8-21-9-11-22/h2-5,14,16,20-21H,6-13H2,1H3/t20-/m0/s1. The van der Waals surface area contributed by atoms with Crippen LogP contribution in [0.5, 0.6) is 0 Å². The van der Waals surface area contributed by atoms with Crippen molar-refractivity contribution in [1.82, 2.24) is 14.8 Å². The van der Waals surface area contributed by atoms with Gasteiger partial charge in [-0.3, -0.25) is 14.3 Å². The fraction of sp³-hybridized carbons (Fsp3) is 0.550. The third-order valence-corrected chi connectivity index (χ3v) is 5.66. The van der Waals surface area contributed by atoms with Crippen LogP contribution < -0.4 is 5.32 Å². The fourth-order valence-corrected chi connectivity index (χ4v) is 4.44. The Kier molecular flexibility index (Phi) is 4.88. The van der Waals surface area contributed by atoms with Crippen LogP contribution >= 0.6 is 0 Å². The SMILES string of the molecule is CC(=O)n1cc([C@H](C2CCOCC2)N2CCNCC2)c2ccccc21. The van der Waals surface area contributed by atoms with E-state index in [1.807, 2.05) is 10.6 Å². The number of carbonyl (C=O) groups excluding carboxylic acids is 1. The quantitative estimate of drug-likeness (QED) is 0.932. The number of hydrogen-bond acceptors (Lipinski definition) is 4. The summed E-state index contributed by atoms with van der Waals surface area (Å²) in [6.07, 6.45) is 4.28. The lowest BCUT2D eigenvalue weighted by Crippen LogP contribution is -2.47. The highest BCUT2D eigenvalue weighted by Crippen LogP contribution is 2.39. The average molecular weight is 341 g/mol. The number of benzene rings is 1. The van der Waals surface area contributed by atoms with Crippen molar-refractivity contribution in [3.63, 3.8) is 0 Å². The third kappa shape index (κ3) is 3.24. The van der Waals surface area contributed by atoms with Gasteiger partial charge in [0.15, 0.2) is 0 Å². The largest absolute Gasteiger partial charge is 0.381 e. The zero-order valence-corrected chi connectivity index (χ0v) is 14.9. The summed E-state index contributed by atoms with van der Waals surface area (Å²) in [5.41, 5.74) is 2.33. The van der Waals surface area contributed by atoms with Crippen molar-refractivity contribution in [2.45, 2.75) is 25.8 Å². The molecule has 2 aromatic rings. The second kappa shape index (κ2) is 7.28. The van der Waals surface area contributed by atoms with E-state index in [-0.39, 0.29) is 5.91 Å². The average Bonchev–Trinajstić information content (AvgIpc) is 3.04. The Morgan fingerprint density at radius 2 is 1.92 bits per heavy atom. The maximum Gasteiger partial charge on any atom is 0.227 e. The van der Waals surface area contributed by atoms with Crippen molar-refractivity contribution in [1.29, 1.82) is 0 Å². The van der Waals surface area contributed by atoms with Crippen LogP contribution in [-0.4, -0.2) is 54.8 Å². The lowest BCUT2D eigenvalue weighted by molar-refractivity contribution is 0.0216. The van der Waals surface area contributed by atoms with Crippen molar-refractivity contribution in [3.8, 4) is 0 Å². The number of nitrogens with one attached hydrogen (secondary N) is 1. The molecule has 1 aromatic heterocycles. The Morgan fingerprint density at radius 1 is 1.20 bits per heavy atom. The number of nitrogens with zero attached hydrogens (tertiary/aromatic N) is 2. The molecule has 134 valence electrons. The van der Waals surface area contributed by atoms with Crippen LogP contribution in [-0.2, 0) is 4.74 Å². The van der Waals surface area contributed by atoms with E-state index in [9.17, 15) is 4.79 Å². The molecule has 4 rings (SSSR count). The number of carbonyl (C=O) groups is 1. The molecular weight excluding hydrogens is 314 g/mol. The monoisotopic (exact) mass is 341 g/mol. The van der Waals surface area contributed by atoms with E-state index in [1.165, 1.54) is 10.9 Å². The summed E-state index contributed by atoms with van der Waals surface area (Å²) in [6, 6.07) is 8.67. The van der Waals surface area contributed by atoms with Gasteiger partial charge in [0.2, 0.25) is 5.91 Å². The first kappa shape index (κ1) is 16.8. The van der Waals surface area contributed by atoms with Crippen LogP contribution in [0.4, 0.5) is 0 Å². The third-order valence-electron chi connectivity index (χ3n) is 5.66. The van der Waals surface area contributed by atoms with Crippen LogP contribution in [0.25, 0.3) is 10.9 Å². The Labute approximate surface area is 148 Å². The van der Waals surface area contributed by atoms with E-state index < -0.39 is 0 Å². The minimum absolute atomic E-state index is 0.0773. The molecule has 2 aliphatic rings. The highest BCUT2D eigenvalue weighted by Gasteiger charge is 2.33. The van der Waals surface area contributed by atoms with Gasteiger partial charge in [0.25, 0.3) is 0 Å². The second-order valence-corrected chi connectivity index (χ2v) is 7.17. The maximum atomic E-state index is 12.2. The Bertz CT molecular complexity index is 724. The van der Waals surface area contributed by atoms with E-state index >= 15 is 0 Å². The van der Waals surface area contributed by atoms with E-state index in [2.05, 4.69) is 34.6 Å². The van der Waals surface area contributed by atoms with Gasteiger partial charge in [0.05, 0.1) is 5.52 Å². The van der Waals surface area contributed by atoms with Gasteiger partial charge in [-0.1, -0.05) is 18.2 Å². The Balaban J connectivity index is 1.80. The lowest BCUT2D eigenvalue weighted by atomic mass is 9.85. The number of fused-ring (bicyclic) bond motifs is 1. The van der Waals surface area contributed by atoms with Gasteiger partial charge in [0.1, 0.15) is 0 Å². The molecule has 1 aromatic carbocycles. The molecule has 5 heteroatoms. The first-order valence-electron chi connectivity index (χ1n) is 9.39. The molecule has 0 aliphatic carbocycles. The van der Waals surface area contributed by atoms with Crippen LogP contribution in [0.3, 0.4) is 0 Å². The molecule has 2 aliphatic heterocycles. The number of para-hydroxylation sites is 1. The van der Waals surface area contributed by atoms with Gasteiger partial charge in [-0.25, -0.2) is 0 Å². The molecule has 1 N–H and O–H groups in total. The highest BCUT2D eigenvalue weighted by molar-refractivity contribution is 5.93. The smallest absolute Gasteiger partial charge is 0.227 e. The van der Waals surface area contributed by atoms with Gasteiger partial charge in [-0.05, 0) is 30.4 Å². The molecule has 0 unspecified atom stereocenters. The predicted molar refractivity (Wildman–Crippen MR) is 99.0 cm³/mol. The number of aromatic nitrogens is 1. The zero-order valence-electron chi connectivity index (χ0n) is 14.9. The number of hydrogen-bond donors (Lipinski definition) is 1. The summed E-state index contributed by atoms with van der Waals surface area (Å²) < 4.78 is 7.43. The van der Waals surface area contributed by atoms with Crippen molar-refractivity contribution in [3.05, 3.63) is 36.0 Å². The molecule has 0 spiro atoms. The topological polar surface area (TPSA) is 46.5 Å². The van der Waals surface area contributed by atoms with Gasteiger partial charge in [0, 0.05) is 63.9 Å². The molecule has 0 bridgehead atoms. The molecule has 0 amide bonds. The number of ether oxygens (including phenoxy) is 1. The van der Waals surface area contributed by atoms with E-state index in [1.54, 1.807) is 6.92 Å². The molecule has 5 nitrogen and oxygen atoms in total. The molecule has 0 saturated carbocycles. The minimum Gasteiger partial charge on any atom is -0.381 e. The second-order valence-electron chi connectivity index (χ2n) is 7.17. The van der Waals surface area contributed by atoms with Crippen molar-refractivity contribution in [2.75, 3.05) is 39.4 Å². The molecule has 2 fully saturated rings. The van der Waals surface area contributed by atoms with E-state index in [0.717, 1.165) is 57.8 Å².